The van der Waals surface area contributed by atoms with Gasteiger partial charge in [-0.1, -0.05) is 126 Å². The summed E-state index contributed by atoms with van der Waals surface area (Å²) in [5, 5.41) is 0. The molecule has 1 atom stereocenters. The molecule has 0 spiro atoms. The fourth-order valence-electron chi connectivity index (χ4n) is 12.8. The highest BCUT2D eigenvalue weighted by molar-refractivity contribution is 6.36. The Kier molecular flexibility index (Phi) is 13.6. The minimum atomic E-state index is -1.04. The third kappa shape index (κ3) is 8.62. The van der Waals surface area contributed by atoms with Crippen LogP contribution < -0.4 is 19.3 Å². The second kappa shape index (κ2) is 21.1. The summed E-state index contributed by atoms with van der Waals surface area (Å²) in [5.41, 5.74) is 3.33. The normalized spacial score (nSPS) is 15.3. The molecular formula is C69H56N4O10. The Balaban J connectivity index is 0.776. The summed E-state index contributed by atoms with van der Waals surface area (Å²) < 4.78 is 12.6. The van der Waals surface area contributed by atoms with Crippen molar-refractivity contribution in [1.29, 1.82) is 0 Å². The van der Waals surface area contributed by atoms with Gasteiger partial charge in [-0.2, -0.15) is 0 Å². The van der Waals surface area contributed by atoms with E-state index in [4.69, 9.17) is 9.47 Å². The lowest BCUT2D eigenvalue weighted by atomic mass is 9.80. The molecule has 4 heterocycles. The van der Waals surface area contributed by atoms with Gasteiger partial charge in [-0.3, -0.25) is 48.2 Å². The first-order valence-electron chi connectivity index (χ1n) is 28.0. The number of imide groups is 4. The average Bonchev–Trinajstić information content (AvgIpc) is 2.77. The largest absolute Gasteiger partial charge is 0.457 e. The standard InChI is InChI=1S/C69H56N4O10/c1-5-36-68(8-4,72-63(77)54-22-11-12-23-55(54)64(72)78)43-27-31-47(32-28-43)82-50-19-14-17-46(41-50)71-62(76)57-25-15-24-51(59(57)67(71)81)42-26-35-56-58(39-42)66(80)73(65(56)79)69(37-6-2,38-7-3)44-29-33-48(34-30-44)83-49-18-13-16-45(40-49)70-60(74)52-20-9-10-21-53(52)61(70)75/h9-35,39-41H,5-8,36-38H2,1-4H3. The van der Waals surface area contributed by atoms with Crippen LogP contribution in [-0.2, 0) is 11.1 Å². The molecule has 8 aromatic carbocycles. The Labute approximate surface area is 479 Å². The number of hydrogen-bond donors (Lipinski definition) is 0. The van der Waals surface area contributed by atoms with Crippen LogP contribution in [-0.4, -0.2) is 57.1 Å². The number of benzene rings is 8. The highest BCUT2D eigenvalue weighted by atomic mass is 16.5. The van der Waals surface area contributed by atoms with Crippen LogP contribution >= 0.6 is 0 Å². The molecule has 4 aliphatic heterocycles. The van der Waals surface area contributed by atoms with Crippen LogP contribution in [0.1, 0.15) is 167 Å². The van der Waals surface area contributed by atoms with Gasteiger partial charge in [0, 0.05) is 12.1 Å². The van der Waals surface area contributed by atoms with E-state index >= 15 is 0 Å². The monoisotopic (exact) mass is 1100 g/mol. The number of nitrogens with zero attached hydrogens (tertiary/aromatic N) is 4. The number of rotatable bonds is 18. The molecular weight excluding hydrogens is 1040 g/mol. The summed E-state index contributed by atoms with van der Waals surface area (Å²) in [4.78, 5) is 118. The van der Waals surface area contributed by atoms with Crippen molar-refractivity contribution in [3.63, 3.8) is 0 Å². The Hall–Kier alpha value is -10.1. The van der Waals surface area contributed by atoms with Crippen LogP contribution in [0.5, 0.6) is 23.0 Å². The lowest BCUT2D eigenvalue weighted by molar-refractivity contribution is 0.0351. The van der Waals surface area contributed by atoms with Crippen molar-refractivity contribution in [2.24, 2.45) is 0 Å². The number of ether oxygens (including phenoxy) is 2. The summed E-state index contributed by atoms with van der Waals surface area (Å²) in [7, 11) is 0. The van der Waals surface area contributed by atoms with Crippen molar-refractivity contribution >= 4 is 58.6 Å². The van der Waals surface area contributed by atoms with Gasteiger partial charge in [0.1, 0.15) is 23.0 Å². The lowest BCUT2D eigenvalue weighted by Gasteiger charge is -2.41. The molecule has 1 unspecified atom stereocenters. The molecule has 14 nitrogen and oxygen atoms in total. The minimum Gasteiger partial charge on any atom is -0.457 e. The fraction of sp³-hybridized carbons (Fsp3) is 0.188. The van der Waals surface area contributed by atoms with Crippen molar-refractivity contribution in [2.75, 3.05) is 9.80 Å². The molecule has 412 valence electrons. The van der Waals surface area contributed by atoms with E-state index in [1.807, 2.05) is 52.0 Å². The molecule has 0 radical (unpaired) electrons. The fourth-order valence-corrected chi connectivity index (χ4v) is 12.8. The highest BCUT2D eigenvalue weighted by Gasteiger charge is 2.51. The second-order valence-electron chi connectivity index (χ2n) is 21.3. The van der Waals surface area contributed by atoms with Gasteiger partial charge in [-0.05, 0) is 139 Å². The summed E-state index contributed by atoms with van der Waals surface area (Å²) in [6.45, 7) is 8.02. The van der Waals surface area contributed by atoms with Gasteiger partial charge < -0.3 is 9.47 Å². The molecule has 0 aromatic heterocycles. The molecule has 0 aliphatic carbocycles. The first kappa shape index (κ1) is 53.6. The zero-order valence-electron chi connectivity index (χ0n) is 46.1. The quantitative estimate of drug-likeness (QED) is 0.0754. The maximum atomic E-state index is 15.0. The van der Waals surface area contributed by atoms with Crippen molar-refractivity contribution in [1.82, 2.24) is 9.80 Å². The summed E-state index contributed by atoms with van der Waals surface area (Å²) in [6.07, 6.45) is 4.02. The molecule has 0 bridgehead atoms. The Morgan fingerprint density at radius 2 is 0.711 bits per heavy atom. The third-order valence-corrected chi connectivity index (χ3v) is 16.5. The molecule has 0 fully saturated rings. The summed E-state index contributed by atoms with van der Waals surface area (Å²) in [6, 6.07) is 51.5. The second-order valence-corrected chi connectivity index (χ2v) is 21.3. The van der Waals surface area contributed by atoms with Crippen LogP contribution in [0.25, 0.3) is 11.1 Å². The molecule has 8 amide bonds. The number of carbonyl (C=O) groups excluding carboxylic acids is 8. The summed E-state index contributed by atoms with van der Waals surface area (Å²) >= 11 is 0. The number of carbonyl (C=O) groups is 8. The van der Waals surface area contributed by atoms with Crippen molar-refractivity contribution < 1.29 is 47.8 Å². The Bertz CT molecular complexity index is 3980. The van der Waals surface area contributed by atoms with Crippen molar-refractivity contribution in [3.8, 4) is 34.1 Å². The van der Waals surface area contributed by atoms with Gasteiger partial charge in [0.15, 0.2) is 0 Å². The van der Waals surface area contributed by atoms with Gasteiger partial charge >= 0.3 is 0 Å². The predicted octanol–water partition coefficient (Wildman–Crippen LogP) is 14.3. The lowest BCUT2D eigenvalue weighted by Crippen LogP contribution is -2.49. The van der Waals surface area contributed by atoms with Crippen LogP contribution in [0.4, 0.5) is 11.4 Å². The van der Waals surface area contributed by atoms with Crippen LogP contribution in [0.15, 0.2) is 182 Å². The van der Waals surface area contributed by atoms with E-state index in [0.717, 1.165) is 27.3 Å². The van der Waals surface area contributed by atoms with E-state index in [1.54, 1.807) is 158 Å². The molecule has 0 saturated carbocycles. The predicted molar refractivity (Wildman–Crippen MR) is 312 cm³/mol. The van der Waals surface area contributed by atoms with E-state index in [9.17, 15) is 38.4 Å². The molecule has 83 heavy (non-hydrogen) atoms. The molecule has 8 aromatic rings. The molecule has 14 heteroatoms. The third-order valence-electron chi connectivity index (χ3n) is 16.5. The molecule has 12 rings (SSSR count). The Morgan fingerprint density at radius 1 is 0.325 bits per heavy atom. The van der Waals surface area contributed by atoms with Crippen LogP contribution in [0.2, 0.25) is 0 Å². The SMILES string of the molecule is CCCC(CC)(c1ccc(Oc2cccc(N3C(=O)c4cccc(-c5ccc6c(c5)C(=O)N(C(CCC)(CCC)c5ccc(Oc7cccc(N8C(=O)c9ccccc9C8=O)c7)cc5)C6=O)c4C3=O)c2)cc1)N1C(=O)c2ccccc2C1=O. The topological polar surface area (TPSA) is 168 Å². The number of fused-ring (bicyclic) bond motifs is 4. The maximum absolute atomic E-state index is 15.0. The number of anilines is 2. The first-order chi connectivity index (χ1) is 40.3. The van der Waals surface area contributed by atoms with Gasteiger partial charge in [-0.25, -0.2) is 9.80 Å². The minimum absolute atomic E-state index is 0.154. The summed E-state index contributed by atoms with van der Waals surface area (Å²) in [5.74, 6) is -1.83. The van der Waals surface area contributed by atoms with Gasteiger partial charge in [0.05, 0.1) is 67.0 Å². The van der Waals surface area contributed by atoms with Gasteiger partial charge in [0.2, 0.25) is 0 Å². The van der Waals surface area contributed by atoms with E-state index in [0.29, 0.717) is 101 Å². The van der Waals surface area contributed by atoms with E-state index in [1.165, 1.54) is 9.80 Å². The van der Waals surface area contributed by atoms with Crippen LogP contribution in [0.3, 0.4) is 0 Å². The maximum Gasteiger partial charge on any atom is 0.266 e. The highest BCUT2D eigenvalue weighted by Crippen LogP contribution is 2.47. The number of hydrogen-bond acceptors (Lipinski definition) is 10. The first-order valence-corrected chi connectivity index (χ1v) is 28.0. The van der Waals surface area contributed by atoms with Crippen molar-refractivity contribution in [3.05, 3.63) is 238 Å². The van der Waals surface area contributed by atoms with E-state index < -0.39 is 46.5 Å². The van der Waals surface area contributed by atoms with Crippen molar-refractivity contribution in [2.45, 2.75) is 83.7 Å². The van der Waals surface area contributed by atoms with E-state index in [2.05, 4.69) is 0 Å². The number of amides is 8. The Morgan fingerprint density at radius 3 is 1.20 bits per heavy atom. The zero-order chi connectivity index (χ0) is 57.9. The molecule has 0 saturated heterocycles. The van der Waals surface area contributed by atoms with Crippen LogP contribution in [0, 0.1) is 0 Å². The van der Waals surface area contributed by atoms with Gasteiger partial charge in [0.25, 0.3) is 47.3 Å². The average molecular weight is 1100 g/mol. The molecule has 4 aliphatic rings. The zero-order valence-corrected chi connectivity index (χ0v) is 46.1. The molecule has 0 N–H and O–H groups in total. The van der Waals surface area contributed by atoms with E-state index in [-0.39, 0.29) is 39.8 Å². The van der Waals surface area contributed by atoms with Gasteiger partial charge in [-0.15, -0.1) is 0 Å². The smallest absolute Gasteiger partial charge is 0.266 e.